The molecule has 1 saturated carbocycles. The van der Waals surface area contributed by atoms with Crippen molar-refractivity contribution in [1.82, 2.24) is 19.5 Å². The van der Waals surface area contributed by atoms with Crippen LogP contribution in [0, 0.1) is 5.92 Å². The maximum atomic E-state index is 12.8. The van der Waals surface area contributed by atoms with E-state index in [9.17, 15) is 9.36 Å². The normalized spacial score (nSPS) is 25.6. The first-order valence-corrected chi connectivity index (χ1v) is 12.3. The summed E-state index contributed by atoms with van der Waals surface area (Å²) in [6.07, 6.45) is 6.84. The third-order valence-electron chi connectivity index (χ3n) is 5.47. The van der Waals surface area contributed by atoms with Crippen molar-refractivity contribution in [3.63, 3.8) is 0 Å². The van der Waals surface area contributed by atoms with Crippen LogP contribution in [0.2, 0.25) is 0 Å². The Kier molecular flexibility index (Phi) is 6.86. The molecule has 2 aliphatic rings. The molecule has 0 radical (unpaired) electrons. The summed E-state index contributed by atoms with van der Waals surface area (Å²) in [4.78, 5) is 24.4. The van der Waals surface area contributed by atoms with E-state index in [2.05, 4.69) is 15.0 Å². The average Bonchev–Trinajstić information content (AvgIpc) is 3.40. The first kappa shape index (κ1) is 22.1. The number of nitrogens with zero attached hydrogens (tertiary/aromatic N) is 4. The molecule has 0 aromatic carbocycles. The number of fused-ring (bicyclic) bond motifs is 1. The number of hydrogen-bond acceptors (Lipinski definition) is 10. The van der Waals surface area contributed by atoms with Crippen molar-refractivity contribution in [2.75, 3.05) is 25.3 Å². The lowest BCUT2D eigenvalue weighted by atomic mass is 10.1. The van der Waals surface area contributed by atoms with Crippen LogP contribution in [0.5, 0.6) is 0 Å². The van der Waals surface area contributed by atoms with Gasteiger partial charge in [0.25, 0.3) is 0 Å². The number of ether oxygens (including phenoxy) is 2. The maximum absolute atomic E-state index is 12.8. The van der Waals surface area contributed by atoms with E-state index in [1.54, 1.807) is 10.9 Å². The van der Waals surface area contributed by atoms with Crippen LogP contribution in [0.4, 0.5) is 5.82 Å². The van der Waals surface area contributed by atoms with E-state index < -0.39 is 7.60 Å². The van der Waals surface area contributed by atoms with Crippen molar-refractivity contribution in [3.05, 3.63) is 12.7 Å². The van der Waals surface area contributed by atoms with Gasteiger partial charge in [0.1, 0.15) is 24.3 Å². The number of nitrogens with two attached hydrogens (primary N) is 1. The van der Waals surface area contributed by atoms with Gasteiger partial charge >= 0.3 is 13.6 Å². The molecule has 1 aliphatic carbocycles. The Bertz CT molecular complexity index is 950. The van der Waals surface area contributed by atoms with Crippen LogP contribution < -0.4 is 5.73 Å². The number of rotatable bonds is 8. The molecular weight excluding hydrogens is 425 g/mol. The van der Waals surface area contributed by atoms with E-state index in [4.69, 9.17) is 24.3 Å². The Morgan fingerprint density at radius 3 is 2.77 bits per heavy atom. The fraction of sp³-hybridized carbons (Fsp3) is 0.684. The molecule has 3 heterocycles. The minimum Gasteiger partial charge on any atom is -0.462 e. The van der Waals surface area contributed by atoms with Crippen LogP contribution in [0.3, 0.4) is 0 Å². The van der Waals surface area contributed by atoms with Gasteiger partial charge in [0.05, 0.1) is 38.6 Å². The Morgan fingerprint density at radius 1 is 1.29 bits per heavy atom. The highest BCUT2D eigenvalue weighted by Gasteiger charge is 2.35. The lowest BCUT2D eigenvalue weighted by Gasteiger charge is -2.29. The summed E-state index contributed by atoms with van der Waals surface area (Å²) < 4.78 is 36.7. The van der Waals surface area contributed by atoms with Crippen molar-refractivity contribution in [3.8, 4) is 0 Å². The number of hydrogen-bond donors (Lipinski definition) is 1. The number of imidazole rings is 1. The molecule has 170 valence electrons. The van der Waals surface area contributed by atoms with Gasteiger partial charge in [-0.2, -0.15) is 0 Å². The summed E-state index contributed by atoms with van der Waals surface area (Å²) in [6.45, 7) is 2.63. The Labute approximate surface area is 180 Å². The summed E-state index contributed by atoms with van der Waals surface area (Å²) in [5.41, 5.74) is 6.93. The zero-order chi connectivity index (χ0) is 21.8. The molecule has 4 rings (SSSR count). The van der Waals surface area contributed by atoms with Crippen LogP contribution in [0.1, 0.15) is 39.0 Å². The summed E-state index contributed by atoms with van der Waals surface area (Å²) in [7, 11) is -3.37. The summed E-state index contributed by atoms with van der Waals surface area (Å²) in [5, 5.41) is 0. The van der Waals surface area contributed by atoms with E-state index >= 15 is 0 Å². The highest BCUT2D eigenvalue weighted by atomic mass is 31.2. The van der Waals surface area contributed by atoms with E-state index in [1.165, 1.54) is 6.33 Å². The predicted molar refractivity (Wildman–Crippen MR) is 111 cm³/mol. The second kappa shape index (κ2) is 9.60. The molecule has 0 amide bonds. The zero-order valence-corrected chi connectivity index (χ0v) is 18.4. The van der Waals surface area contributed by atoms with E-state index in [0.717, 1.165) is 25.7 Å². The number of carbonyl (C=O) groups excluding carboxylic acids is 1. The molecular formula is C19H28N5O6P. The third kappa shape index (κ3) is 5.60. The molecule has 1 atom stereocenters. The maximum Gasteiger partial charge on any atom is 0.356 e. The van der Waals surface area contributed by atoms with Gasteiger partial charge in [-0.05, 0) is 32.6 Å². The van der Waals surface area contributed by atoms with E-state index in [0.29, 0.717) is 23.5 Å². The number of esters is 1. The van der Waals surface area contributed by atoms with E-state index in [-0.39, 0.29) is 50.1 Å². The number of anilines is 1. The van der Waals surface area contributed by atoms with Gasteiger partial charge in [0.15, 0.2) is 11.5 Å². The molecule has 2 N–H and O–H groups in total. The van der Waals surface area contributed by atoms with Crippen LogP contribution in [-0.2, 0) is 34.4 Å². The second-order valence-electron chi connectivity index (χ2n) is 8.10. The zero-order valence-electron chi connectivity index (χ0n) is 17.5. The van der Waals surface area contributed by atoms with Gasteiger partial charge < -0.3 is 28.8 Å². The molecule has 0 bridgehead atoms. The fourth-order valence-corrected chi connectivity index (χ4v) is 5.31. The first-order valence-electron chi connectivity index (χ1n) is 10.5. The molecule has 31 heavy (non-hydrogen) atoms. The number of nitrogen functional groups attached to an aromatic ring is 1. The predicted octanol–water partition coefficient (Wildman–Crippen LogP) is 2.50. The smallest absolute Gasteiger partial charge is 0.356 e. The highest BCUT2D eigenvalue weighted by Crippen LogP contribution is 2.52. The van der Waals surface area contributed by atoms with E-state index in [1.807, 2.05) is 6.92 Å². The average molecular weight is 453 g/mol. The van der Waals surface area contributed by atoms with Crippen LogP contribution in [0.25, 0.3) is 11.2 Å². The largest absolute Gasteiger partial charge is 0.462 e. The second-order valence-corrected chi connectivity index (χ2v) is 10.1. The Morgan fingerprint density at radius 2 is 2.03 bits per heavy atom. The highest BCUT2D eigenvalue weighted by molar-refractivity contribution is 7.53. The molecule has 1 aliphatic heterocycles. The fourth-order valence-electron chi connectivity index (χ4n) is 3.77. The summed E-state index contributed by atoms with van der Waals surface area (Å²) in [5.74, 6) is -0.106. The van der Waals surface area contributed by atoms with Gasteiger partial charge in [-0.3, -0.25) is 9.36 Å². The summed E-state index contributed by atoms with van der Waals surface area (Å²) in [6, 6.07) is 0. The lowest BCUT2D eigenvalue weighted by Crippen LogP contribution is -2.27. The van der Waals surface area contributed by atoms with Gasteiger partial charge in [-0.1, -0.05) is 0 Å². The van der Waals surface area contributed by atoms with Crippen molar-refractivity contribution in [2.45, 2.75) is 57.8 Å². The van der Waals surface area contributed by atoms with Gasteiger partial charge in [0, 0.05) is 5.92 Å². The van der Waals surface area contributed by atoms with Crippen LogP contribution >= 0.6 is 7.60 Å². The lowest BCUT2D eigenvalue weighted by molar-refractivity contribution is -0.150. The molecule has 2 fully saturated rings. The van der Waals surface area contributed by atoms with Gasteiger partial charge in [-0.25, -0.2) is 15.0 Å². The minimum atomic E-state index is -3.37. The minimum absolute atomic E-state index is 0.0365. The van der Waals surface area contributed by atoms with Crippen LogP contribution in [0.15, 0.2) is 12.7 Å². The Hall–Kier alpha value is -2.07. The first-order chi connectivity index (χ1) is 14.9. The molecule has 2 aromatic heterocycles. The standard InChI is InChI=1S/C19H28N5O6P/c1-13(7-24-11-23-17-18(20)21-10-22-19(17)24)27-12-31(26)28-8-14(9-29-31)6-16(25)30-15-4-2-3-5-15/h10-11,13-15H,2-9,12H2,1H3,(H2,20,21,22)/t13-,14?,31?/m1/s1. The molecule has 11 nitrogen and oxygen atoms in total. The number of aromatic nitrogens is 4. The molecule has 0 unspecified atom stereocenters. The molecule has 2 aromatic rings. The molecule has 1 saturated heterocycles. The quantitative estimate of drug-likeness (QED) is 0.468. The third-order valence-corrected chi connectivity index (χ3v) is 7.02. The number of carbonyl (C=O) groups is 1. The van der Waals surface area contributed by atoms with Gasteiger partial charge in [-0.15, -0.1) is 0 Å². The Balaban J connectivity index is 1.21. The monoisotopic (exact) mass is 453 g/mol. The molecule has 0 spiro atoms. The van der Waals surface area contributed by atoms with Crippen molar-refractivity contribution in [2.24, 2.45) is 5.92 Å². The van der Waals surface area contributed by atoms with Crippen molar-refractivity contribution >= 4 is 30.5 Å². The summed E-state index contributed by atoms with van der Waals surface area (Å²) >= 11 is 0. The SMILES string of the molecule is C[C@H](Cn1cnc2c(N)ncnc21)OCP1(=O)OCC(CC(=O)OC2CCCC2)CO1. The van der Waals surface area contributed by atoms with Crippen LogP contribution in [-0.4, -0.2) is 57.3 Å². The molecule has 12 heteroatoms. The topological polar surface area (TPSA) is 141 Å². The van der Waals surface area contributed by atoms with Crippen molar-refractivity contribution < 1.29 is 27.9 Å². The van der Waals surface area contributed by atoms with Gasteiger partial charge in [0.2, 0.25) is 0 Å². The van der Waals surface area contributed by atoms with Crippen molar-refractivity contribution in [1.29, 1.82) is 0 Å².